The molecule has 0 N–H and O–H groups in total. The molecule has 0 unspecified atom stereocenters. The zero-order chi connectivity index (χ0) is 34.2. The molecule has 0 aliphatic rings. The van der Waals surface area contributed by atoms with Crippen LogP contribution in [0.3, 0.4) is 0 Å². The number of aromatic nitrogens is 4. The number of hydrogen-bond acceptors (Lipinski definition) is 2. The minimum Gasteiger partial charge on any atom is -0.309 e. The van der Waals surface area contributed by atoms with Crippen LogP contribution < -0.4 is 0 Å². The Hall–Kier alpha value is -7.04. The van der Waals surface area contributed by atoms with Gasteiger partial charge in [0, 0.05) is 43.6 Å². The van der Waals surface area contributed by atoms with Gasteiger partial charge < -0.3 is 4.57 Å². The minimum absolute atomic E-state index is 0.708. The summed E-state index contributed by atoms with van der Waals surface area (Å²) in [6.07, 6.45) is 0. The highest BCUT2D eigenvalue weighted by molar-refractivity contribution is 6.22. The molecule has 0 radical (unpaired) electrons. The van der Waals surface area contributed by atoms with Crippen LogP contribution in [0.4, 0.5) is 0 Å². The number of hydrogen-bond donors (Lipinski definition) is 0. The number of nitrogens with zero attached hydrogens (tertiary/aromatic N) is 4. The van der Waals surface area contributed by atoms with Gasteiger partial charge in [0.15, 0.2) is 5.82 Å². The topological polar surface area (TPSA) is 35.6 Å². The van der Waals surface area contributed by atoms with Gasteiger partial charge in [0.05, 0.1) is 27.6 Å². The molecule has 0 bridgehead atoms. The van der Waals surface area contributed by atoms with Crippen LogP contribution in [0.2, 0.25) is 0 Å². The molecule has 0 atom stereocenters. The second-order valence-corrected chi connectivity index (χ2v) is 13.4. The van der Waals surface area contributed by atoms with E-state index in [1.165, 1.54) is 43.7 Å². The number of rotatable bonds is 4. The minimum atomic E-state index is 0.708. The van der Waals surface area contributed by atoms with Gasteiger partial charge in [-0.15, -0.1) is 0 Å². The Morgan fingerprint density at radius 1 is 0.346 bits per heavy atom. The van der Waals surface area contributed by atoms with Gasteiger partial charge in [0.25, 0.3) is 0 Å². The highest BCUT2D eigenvalue weighted by Gasteiger charge is 2.22. The molecule has 52 heavy (non-hydrogen) atoms. The predicted molar refractivity (Wildman–Crippen MR) is 217 cm³/mol. The molecular formula is C48H30N4. The van der Waals surface area contributed by atoms with Crippen LogP contribution in [-0.4, -0.2) is 19.1 Å². The number of para-hydroxylation sites is 3. The lowest BCUT2D eigenvalue weighted by Gasteiger charge is -2.14. The van der Waals surface area contributed by atoms with Crippen molar-refractivity contribution in [2.24, 2.45) is 0 Å². The van der Waals surface area contributed by atoms with Crippen molar-refractivity contribution in [2.45, 2.75) is 0 Å². The summed E-state index contributed by atoms with van der Waals surface area (Å²) in [6.45, 7) is 0. The van der Waals surface area contributed by atoms with Crippen molar-refractivity contribution in [1.29, 1.82) is 0 Å². The second-order valence-electron chi connectivity index (χ2n) is 13.4. The quantitative estimate of drug-likeness (QED) is 0.176. The molecule has 0 aliphatic heterocycles. The smallest absolute Gasteiger partial charge is 0.162 e. The Labute approximate surface area is 299 Å². The maximum atomic E-state index is 5.40. The normalized spacial score (nSPS) is 11.8. The van der Waals surface area contributed by atoms with Gasteiger partial charge in [-0.2, -0.15) is 0 Å². The molecule has 0 spiro atoms. The molecule has 11 rings (SSSR count). The molecular weight excluding hydrogens is 633 g/mol. The van der Waals surface area contributed by atoms with Crippen molar-refractivity contribution >= 4 is 65.3 Å². The summed E-state index contributed by atoms with van der Waals surface area (Å²) in [7, 11) is 0. The Balaban J connectivity index is 1.26. The van der Waals surface area contributed by atoms with Gasteiger partial charge in [-0.3, -0.25) is 4.57 Å². The summed E-state index contributed by atoms with van der Waals surface area (Å²) in [5.41, 5.74) is 10.1. The molecule has 0 aliphatic carbocycles. The number of benzene rings is 8. The van der Waals surface area contributed by atoms with E-state index in [0.29, 0.717) is 5.82 Å². The second kappa shape index (κ2) is 11.2. The van der Waals surface area contributed by atoms with Crippen molar-refractivity contribution < 1.29 is 0 Å². The summed E-state index contributed by atoms with van der Waals surface area (Å²) in [6, 6.07) is 64.8. The summed E-state index contributed by atoms with van der Waals surface area (Å²) < 4.78 is 4.74. The molecule has 0 fully saturated rings. The molecule has 0 amide bonds. The molecule has 4 heteroatoms. The Morgan fingerprint density at radius 3 is 1.58 bits per heavy atom. The van der Waals surface area contributed by atoms with E-state index in [1.54, 1.807) is 0 Å². The number of fused-ring (bicyclic) bond motifs is 9. The standard InChI is InChI=1S/C48H30N4/c1-3-16-32(17-4-1)47-49-46-34-20-8-7-15-31(34)29-30-39(46)48(50-47)52-41-26-12-10-22-38(41)45-36(24-14-28-43(45)52)35-23-13-27-42-44(35)37-21-9-11-25-40(37)51(42)33-18-5-2-6-19-33/h1-30H. The Morgan fingerprint density at radius 2 is 0.885 bits per heavy atom. The Bertz CT molecular complexity index is 3170. The largest absolute Gasteiger partial charge is 0.309 e. The van der Waals surface area contributed by atoms with Crippen LogP contribution >= 0.6 is 0 Å². The molecule has 3 heterocycles. The van der Waals surface area contributed by atoms with Gasteiger partial charge in [0.2, 0.25) is 0 Å². The average Bonchev–Trinajstić information content (AvgIpc) is 3.74. The van der Waals surface area contributed by atoms with Gasteiger partial charge in [-0.05, 0) is 59.0 Å². The van der Waals surface area contributed by atoms with Gasteiger partial charge in [0.1, 0.15) is 5.82 Å². The van der Waals surface area contributed by atoms with Crippen molar-refractivity contribution in [3.63, 3.8) is 0 Å². The highest BCUT2D eigenvalue weighted by Crippen LogP contribution is 2.44. The van der Waals surface area contributed by atoms with E-state index in [4.69, 9.17) is 9.97 Å². The molecule has 242 valence electrons. The fourth-order valence-electron chi connectivity index (χ4n) is 8.31. The SMILES string of the molecule is c1ccc(-c2nc(-n3c4ccccc4c4c(-c5cccc6c5c5ccccc5n6-c5ccccc5)cccc43)c3ccc4ccccc4c3n2)cc1. The zero-order valence-electron chi connectivity index (χ0n) is 28.1. The van der Waals surface area contributed by atoms with E-state index < -0.39 is 0 Å². The van der Waals surface area contributed by atoms with Crippen LogP contribution in [0.15, 0.2) is 182 Å². The van der Waals surface area contributed by atoms with E-state index in [1.807, 2.05) is 18.2 Å². The third-order valence-electron chi connectivity index (χ3n) is 10.5. The van der Waals surface area contributed by atoms with Crippen LogP contribution in [0, 0.1) is 0 Å². The molecule has 8 aromatic carbocycles. The monoisotopic (exact) mass is 662 g/mol. The van der Waals surface area contributed by atoms with E-state index in [0.717, 1.165) is 49.8 Å². The van der Waals surface area contributed by atoms with Crippen molar-refractivity contribution in [3.05, 3.63) is 182 Å². The van der Waals surface area contributed by atoms with E-state index in [-0.39, 0.29) is 0 Å². The zero-order valence-corrected chi connectivity index (χ0v) is 28.1. The maximum Gasteiger partial charge on any atom is 0.162 e. The van der Waals surface area contributed by atoms with Crippen LogP contribution in [0.5, 0.6) is 0 Å². The van der Waals surface area contributed by atoms with Crippen LogP contribution in [-0.2, 0) is 0 Å². The fraction of sp³-hybridized carbons (Fsp3) is 0. The van der Waals surface area contributed by atoms with E-state index in [9.17, 15) is 0 Å². The predicted octanol–water partition coefficient (Wildman–Crippen LogP) is 12.3. The first kappa shape index (κ1) is 28.8. The first-order valence-corrected chi connectivity index (χ1v) is 17.7. The molecule has 11 aromatic rings. The lowest BCUT2D eigenvalue weighted by molar-refractivity contribution is 1.08. The van der Waals surface area contributed by atoms with Crippen LogP contribution in [0.1, 0.15) is 0 Å². The van der Waals surface area contributed by atoms with Gasteiger partial charge >= 0.3 is 0 Å². The van der Waals surface area contributed by atoms with Crippen LogP contribution in [0.25, 0.3) is 99.3 Å². The summed E-state index contributed by atoms with van der Waals surface area (Å²) >= 11 is 0. The highest BCUT2D eigenvalue weighted by atomic mass is 15.1. The first-order valence-electron chi connectivity index (χ1n) is 17.7. The fourth-order valence-corrected chi connectivity index (χ4v) is 8.31. The third kappa shape index (κ3) is 4.15. The maximum absolute atomic E-state index is 5.40. The van der Waals surface area contributed by atoms with Crippen molar-refractivity contribution in [2.75, 3.05) is 0 Å². The summed E-state index contributed by atoms with van der Waals surface area (Å²) in [5.74, 6) is 1.58. The first-order chi connectivity index (χ1) is 25.8. The molecule has 0 saturated carbocycles. The summed E-state index contributed by atoms with van der Waals surface area (Å²) in [5, 5.41) is 8.16. The van der Waals surface area contributed by atoms with Crippen molar-refractivity contribution in [3.8, 4) is 34.0 Å². The Kier molecular flexibility index (Phi) is 6.22. The molecule has 4 nitrogen and oxygen atoms in total. The van der Waals surface area contributed by atoms with Crippen molar-refractivity contribution in [1.82, 2.24) is 19.1 Å². The molecule has 0 saturated heterocycles. The van der Waals surface area contributed by atoms with E-state index in [2.05, 4.69) is 173 Å². The summed E-state index contributed by atoms with van der Waals surface area (Å²) in [4.78, 5) is 10.6. The third-order valence-corrected chi connectivity index (χ3v) is 10.5. The van der Waals surface area contributed by atoms with Gasteiger partial charge in [-0.1, -0.05) is 140 Å². The lowest BCUT2D eigenvalue weighted by atomic mass is 9.95. The lowest BCUT2D eigenvalue weighted by Crippen LogP contribution is -2.03. The average molecular weight is 663 g/mol. The van der Waals surface area contributed by atoms with Gasteiger partial charge in [-0.25, -0.2) is 9.97 Å². The van der Waals surface area contributed by atoms with E-state index >= 15 is 0 Å². The molecule has 3 aromatic heterocycles.